The fourth-order valence-corrected chi connectivity index (χ4v) is 0.493. The third-order valence-electron chi connectivity index (χ3n) is 1.56. The number of rotatable bonds is 2. The Morgan fingerprint density at radius 3 is 1.25 bits per heavy atom. The molecule has 6 nitrogen and oxygen atoms in total. The molecule has 110 valence electrons. The minimum absolute atomic E-state index is 0.0880. The molecule has 1 rings (SSSR count). The van der Waals surface area contributed by atoms with Crippen molar-refractivity contribution in [3.63, 3.8) is 0 Å². The monoisotopic (exact) mass is 282 g/mol. The molecular formula is C14H18O6. The van der Waals surface area contributed by atoms with Gasteiger partial charge in [-0.1, -0.05) is 19.2 Å². The van der Waals surface area contributed by atoms with Gasteiger partial charge in [0, 0.05) is 17.2 Å². The molecule has 0 amide bonds. The van der Waals surface area contributed by atoms with Crippen molar-refractivity contribution >= 4 is 11.9 Å². The lowest BCUT2D eigenvalue weighted by Crippen LogP contribution is -1.92. The number of carboxylic acid groups (broad SMARTS) is 2. The number of carboxylic acids is 2. The Balaban J connectivity index is 0. The van der Waals surface area contributed by atoms with Crippen LogP contribution >= 0.6 is 0 Å². The van der Waals surface area contributed by atoms with Crippen LogP contribution in [0.5, 0.6) is 11.5 Å². The quantitative estimate of drug-likeness (QED) is 0.619. The van der Waals surface area contributed by atoms with E-state index in [1.165, 1.54) is 32.0 Å². The van der Waals surface area contributed by atoms with Crippen LogP contribution in [0.1, 0.15) is 13.8 Å². The molecule has 0 heterocycles. The molecule has 0 saturated heterocycles. The van der Waals surface area contributed by atoms with Crippen LogP contribution in [0.2, 0.25) is 0 Å². The molecule has 0 aliphatic rings. The average Bonchev–Trinajstić information content (AvgIpc) is 2.29. The van der Waals surface area contributed by atoms with Crippen molar-refractivity contribution in [2.24, 2.45) is 0 Å². The van der Waals surface area contributed by atoms with Crippen molar-refractivity contribution in [1.29, 1.82) is 0 Å². The fourth-order valence-electron chi connectivity index (χ4n) is 0.493. The zero-order valence-corrected chi connectivity index (χ0v) is 11.3. The summed E-state index contributed by atoms with van der Waals surface area (Å²) < 4.78 is 0. The Labute approximate surface area is 116 Å². The minimum atomic E-state index is -0.935. The number of aliphatic carboxylic acids is 2. The smallest absolute Gasteiger partial charge is 0.330 e. The molecule has 1 aromatic carbocycles. The molecule has 1 aromatic rings. The summed E-state index contributed by atoms with van der Waals surface area (Å²) in [6.07, 6.45) is 0. The third kappa shape index (κ3) is 13.3. The molecule has 0 aromatic heterocycles. The number of hydrogen-bond donors (Lipinski definition) is 4. The third-order valence-corrected chi connectivity index (χ3v) is 1.56. The van der Waals surface area contributed by atoms with Gasteiger partial charge in [0.25, 0.3) is 0 Å². The first-order chi connectivity index (χ1) is 9.07. The molecule has 0 unspecified atom stereocenters. The van der Waals surface area contributed by atoms with Crippen molar-refractivity contribution in [3.8, 4) is 11.5 Å². The molecule has 0 atom stereocenters. The molecule has 0 bridgehead atoms. The van der Waals surface area contributed by atoms with Crippen LogP contribution in [0.15, 0.2) is 48.6 Å². The summed E-state index contributed by atoms with van der Waals surface area (Å²) in [5.74, 6) is -1.69. The van der Waals surface area contributed by atoms with E-state index in [2.05, 4.69) is 13.2 Å². The van der Waals surface area contributed by atoms with E-state index in [-0.39, 0.29) is 22.6 Å². The van der Waals surface area contributed by atoms with Crippen LogP contribution in [0.3, 0.4) is 0 Å². The molecule has 0 aliphatic carbocycles. The van der Waals surface area contributed by atoms with Gasteiger partial charge in [0.2, 0.25) is 0 Å². The Morgan fingerprint density at radius 2 is 1.15 bits per heavy atom. The zero-order chi connectivity index (χ0) is 16.3. The van der Waals surface area contributed by atoms with E-state index in [4.69, 9.17) is 20.4 Å². The van der Waals surface area contributed by atoms with Gasteiger partial charge in [0.15, 0.2) is 0 Å². The summed E-state index contributed by atoms with van der Waals surface area (Å²) in [7, 11) is 0. The molecule has 0 saturated carbocycles. The second-order valence-corrected chi connectivity index (χ2v) is 3.69. The van der Waals surface area contributed by atoms with E-state index < -0.39 is 11.9 Å². The van der Waals surface area contributed by atoms with E-state index in [1.807, 2.05) is 0 Å². The maximum absolute atomic E-state index is 9.60. The van der Waals surface area contributed by atoms with Crippen molar-refractivity contribution < 1.29 is 30.0 Å². The minimum Gasteiger partial charge on any atom is -0.508 e. The van der Waals surface area contributed by atoms with E-state index in [0.29, 0.717) is 0 Å². The first-order valence-electron chi connectivity index (χ1n) is 5.33. The van der Waals surface area contributed by atoms with Gasteiger partial charge in [-0.15, -0.1) is 0 Å². The molecule has 0 radical (unpaired) electrons. The highest BCUT2D eigenvalue weighted by Gasteiger charge is 1.90. The summed E-state index contributed by atoms with van der Waals surface area (Å²) >= 11 is 0. The van der Waals surface area contributed by atoms with Gasteiger partial charge in [0.1, 0.15) is 11.5 Å². The summed E-state index contributed by atoms with van der Waals surface area (Å²) in [6, 6.07) is 5.85. The molecule has 0 fully saturated rings. The maximum atomic E-state index is 9.60. The van der Waals surface area contributed by atoms with Crippen LogP contribution < -0.4 is 0 Å². The maximum Gasteiger partial charge on any atom is 0.330 e. The number of phenolic OH excluding ortho intramolecular Hbond substituents is 2. The Hall–Kier alpha value is -2.76. The predicted octanol–water partition coefficient (Wildman–Crippen LogP) is 2.39. The number of phenols is 2. The van der Waals surface area contributed by atoms with Gasteiger partial charge in [-0.25, -0.2) is 9.59 Å². The molecular weight excluding hydrogens is 264 g/mol. The van der Waals surface area contributed by atoms with Crippen molar-refractivity contribution in [2.45, 2.75) is 13.8 Å². The molecule has 0 spiro atoms. The normalized spacial score (nSPS) is 8.10. The van der Waals surface area contributed by atoms with Gasteiger partial charge < -0.3 is 20.4 Å². The van der Waals surface area contributed by atoms with Crippen LogP contribution in [-0.2, 0) is 9.59 Å². The topological polar surface area (TPSA) is 115 Å². The van der Waals surface area contributed by atoms with E-state index in [0.717, 1.165) is 0 Å². The largest absolute Gasteiger partial charge is 0.508 e. The van der Waals surface area contributed by atoms with E-state index in [9.17, 15) is 9.59 Å². The van der Waals surface area contributed by atoms with Crippen molar-refractivity contribution in [2.75, 3.05) is 0 Å². The van der Waals surface area contributed by atoms with Crippen LogP contribution in [0, 0.1) is 0 Å². The summed E-state index contributed by atoms with van der Waals surface area (Å²) in [6.45, 7) is 9.20. The Bertz CT molecular complexity index is 425. The molecule has 4 N–H and O–H groups in total. The first-order valence-corrected chi connectivity index (χ1v) is 5.33. The molecule has 0 aliphatic heterocycles. The van der Waals surface area contributed by atoms with Crippen molar-refractivity contribution in [1.82, 2.24) is 0 Å². The lowest BCUT2D eigenvalue weighted by atomic mass is 10.3. The highest BCUT2D eigenvalue weighted by atomic mass is 16.4. The summed E-state index contributed by atoms with van der Waals surface area (Å²) in [5, 5.41) is 33.1. The van der Waals surface area contributed by atoms with E-state index >= 15 is 0 Å². The summed E-state index contributed by atoms with van der Waals surface area (Å²) in [4.78, 5) is 19.2. The van der Waals surface area contributed by atoms with Gasteiger partial charge in [0.05, 0.1) is 0 Å². The van der Waals surface area contributed by atoms with Crippen LogP contribution in [0.4, 0.5) is 0 Å². The number of aromatic hydroxyl groups is 2. The van der Waals surface area contributed by atoms with Crippen molar-refractivity contribution in [3.05, 3.63) is 48.6 Å². The van der Waals surface area contributed by atoms with Gasteiger partial charge >= 0.3 is 11.9 Å². The number of hydrogen-bond acceptors (Lipinski definition) is 4. The van der Waals surface area contributed by atoms with Gasteiger partial charge in [-0.05, 0) is 26.0 Å². The van der Waals surface area contributed by atoms with Gasteiger partial charge in [-0.2, -0.15) is 0 Å². The highest BCUT2D eigenvalue weighted by molar-refractivity contribution is 5.85. The Kier molecular flexibility index (Phi) is 9.97. The second-order valence-electron chi connectivity index (χ2n) is 3.69. The number of benzene rings is 1. The predicted molar refractivity (Wildman–Crippen MR) is 74.7 cm³/mol. The molecule has 20 heavy (non-hydrogen) atoms. The Morgan fingerprint density at radius 1 is 0.900 bits per heavy atom. The fraction of sp³-hybridized carbons (Fsp3) is 0.143. The average molecular weight is 282 g/mol. The second kappa shape index (κ2) is 10.2. The highest BCUT2D eigenvalue weighted by Crippen LogP contribution is 2.14. The summed E-state index contributed by atoms with van der Waals surface area (Å²) in [5.41, 5.74) is 0.352. The first kappa shape index (κ1) is 19.6. The van der Waals surface area contributed by atoms with Gasteiger partial charge in [-0.3, -0.25) is 0 Å². The lowest BCUT2D eigenvalue weighted by molar-refractivity contribution is -0.133. The standard InChI is InChI=1S/C6H6O2.2C4H6O2/c7-5-2-1-3-6(8)4-5;2*1-3(2)4(5)6/h1-4,7-8H;2*1H2,2H3,(H,5,6). The molecule has 6 heteroatoms. The number of carbonyl (C=O) groups is 2. The van der Waals surface area contributed by atoms with Crippen LogP contribution in [-0.4, -0.2) is 32.4 Å². The SMILES string of the molecule is C=C(C)C(=O)O.C=C(C)C(=O)O.Oc1cccc(O)c1. The lowest BCUT2D eigenvalue weighted by Gasteiger charge is -1.89. The van der Waals surface area contributed by atoms with E-state index in [1.54, 1.807) is 6.07 Å². The zero-order valence-electron chi connectivity index (χ0n) is 11.3. The van der Waals surface area contributed by atoms with Crippen LogP contribution in [0.25, 0.3) is 0 Å².